The van der Waals surface area contributed by atoms with Crippen molar-refractivity contribution in [3.05, 3.63) is 0 Å². The van der Waals surface area contributed by atoms with Gasteiger partial charge in [0.1, 0.15) is 0 Å². The highest BCUT2D eigenvalue weighted by Gasteiger charge is 2.43. The number of rotatable bonds is 4. The van der Waals surface area contributed by atoms with Crippen LogP contribution in [0.5, 0.6) is 0 Å². The lowest BCUT2D eigenvalue weighted by atomic mass is 9.91. The van der Waals surface area contributed by atoms with E-state index in [1.165, 1.54) is 14.2 Å². The fourth-order valence-electron chi connectivity index (χ4n) is 3.14. The van der Waals surface area contributed by atoms with E-state index in [9.17, 15) is 9.59 Å². The number of esters is 2. The number of hydrogen-bond donors (Lipinski definition) is 0. The first-order valence-corrected chi connectivity index (χ1v) is 7.56. The lowest BCUT2D eigenvalue weighted by Crippen LogP contribution is -2.48. The van der Waals surface area contributed by atoms with Crippen molar-refractivity contribution in [3.63, 3.8) is 0 Å². The van der Waals surface area contributed by atoms with Gasteiger partial charge in [-0.3, -0.25) is 9.59 Å². The van der Waals surface area contributed by atoms with Gasteiger partial charge in [-0.2, -0.15) is 0 Å². The highest BCUT2D eigenvalue weighted by Crippen LogP contribution is 2.40. The molecule has 0 aliphatic carbocycles. The van der Waals surface area contributed by atoms with Crippen LogP contribution in [0.25, 0.3) is 0 Å². The Hall–Kier alpha value is -1.14. The zero-order chi connectivity index (χ0) is 15.3. The van der Waals surface area contributed by atoms with E-state index in [2.05, 4.69) is 0 Å². The van der Waals surface area contributed by atoms with E-state index in [0.29, 0.717) is 0 Å². The van der Waals surface area contributed by atoms with Crippen molar-refractivity contribution in [2.75, 3.05) is 14.2 Å². The monoisotopic (exact) mass is 300 g/mol. The third-order valence-corrected chi connectivity index (χ3v) is 4.17. The molecule has 2 atom stereocenters. The molecule has 2 aliphatic rings. The number of methoxy groups -OCH3 is 2. The van der Waals surface area contributed by atoms with Crippen molar-refractivity contribution in [1.82, 2.24) is 0 Å². The number of carbonyl (C=O) groups excluding carboxylic acids is 2. The van der Waals surface area contributed by atoms with Crippen molar-refractivity contribution in [2.45, 2.75) is 69.4 Å². The van der Waals surface area contributed by atoms with Crippen molar-refractivity contribution in [1.29, 1.82) is 0 Å². The van der Waals surface area contributed by atoms with Crippen molar-refractivity contribution in [3.8, 4) is 0 Å². The molecule has 21 heavy (non-hydrogen) atoms. The van der Waals surface area contributed by atoms with Gasteiger partial charge < -0.3 is 18.9 Å². The maximum atomic E-state index is 11.4. The molecular weight excluding hydrogens is 276 g/mol. The quantitative estimate of drug-likeness (QED) is 0.739. The van der Waals surface area contributed by atoms with Gasteiger partial charge in [0.2, 0.25) is 0 Å². The van der Waals surface area contributed by atoms with Crippen LogP contribution in [0.15, 0.2) is 0 Å². The van der Waals surface area contributed by atoms with Crippen LogP contribution in [-0.4, -0.2) is 44.2 Å². The summed E-state index contributed by atoms with van der Waals surface area (Å²) in [7, 11) is 2.76. The van der Waals surface area contributed by atoms with Crippen LogP contribution in [0, 0.1) is 0 Å². The highest BCUT2D eigenvalue weighted by molar-refractivity contribution is 5.70. The largest absolute Gasteiger partial charge is 0.469 e. The summed E-state index contributed by atoms with van der Waals surface area (Å²) in [5, 5.41) is 0. The van der Waals surface area contributed by atoms with E-state index >= 15 is 0 Å². The highest BCUT2D eigenvalue weighted by atomic mass is 16.7. The van der Waals surface area contributed by atoms with E-state index in [1.54, 1.807) is 0 Å². The molecule has 2 heterocycles. The predicted octanol–water partition coefficient (Wildman–Crippen LogP) is 1.95. The van der Waals surface area contributed by atoms with Crippen LogP contribution in [0.2, 0.25) is 0 Å². The molecule has 120 valence electrons. The van der Waals surface area contributed by atoms with Crippen molar-refractivity contribution >= 4 is 11.9 Å². The minimum Gasteiger partial charge on any atom is -0.469 e. The van der Waals surface area contributed by atoms with Gasteiger partial charge in [0.05, 0.1) is 39.3 Å². The number of carbonyl (C=O) groups is 2. The molecular formula is C15H24O6. The normalized spacial score (nSPS) is 32.7. The van der Waals surface area contributed by atoms with Gasteiger partial charge in [-0.1, -0.05) is 0 Å². The molecule has 0 bridgehead atoms. The second-order valence-corrected chi connectivity index (χ2v) is 5.74. The smallest absolute Gasteiger partial charge is 0.308 e. The second-order valence-electron chi connectivity index (χ2n) is 5.74. The first-order valence-electron chi connectivity index (χ1n) is 7.56. The van der Waals surface area contributed by atoms with Gasteiger partial charge in [0, 0.05) is 12.8 Å². The van der Waals surface area contributed by atoms with Gasteiger partial charge in [0.15, 0.2) is 5.79 Å². The molecule has 0 amide bonds. The summed E-state index contributed by atoms with van der Waals surface area (Å²) in [6, 6.07) is 0. The molecule has 0 N–H and O–H groups in total. The Morgan fingerprint density at radius 3 is 1.76 bits per heavy atom. The average molecular weight is 300 g/mol. The molecule has 2 aliphatic heterocycles. The Morgan fingerprint density at radius 1 is 0.952 bits per heavy atom. The van der Waals surface area contributed by atoms with Gasteiger partial charge in [0.25, 0.3) is 0 Å². The standard InChI is InChI=1S/C15H24O6/c1-18-13(16)9-11-5-3-7-15(20-11)8-4-6-12(21-15)10-14(17)19-2/h11-12H,3-10H2,1-2H3. The lowest BCUT2D eigenvalue weighted by molar-refractivity contribution is -0.314. The Kier molecular flexibility index (Phi) is 5.58. The van der Waals surface area contributed by atoms with E-state index < -0.39 is 5.79 Å². The zero-order valence-electron chi connectivity index (χ0n) is 12.8. The topological polar surface area (TPSA) is 71.1 Å². The molecule has 0 radical (unpaired) electrons. The van der Waals surface area contributed by atoms with Crippen LogP contribution in [-0.2, 0) is 28.5 Å². The molecule has 0 aromatic rings. The third-order valence-electron chi connectivity index (χ3n) is 4.17. The predicted molar refractivity (Wildman–Crippen MR) is 73.4 cm³/mol. The molecule has 0 saturated carbocycles. The molecule has 2 unspecified atom stereocenters. The lowest BCUT2D eigenvalue weighted by Gasteiger charge is -2.45. The van der Waals surface area contributed by atoms with E-state index in [0.717, 1.165) is 38.5 Å². The summed E-state index contributed by atoms with van der Waals surface area (Å²) in [6.07, 6.45) is 5.37. The molecule has 0 aromatic heterocycles. The molecule has 6 nitrogen and oxygen atoms in total. The van der Waals surface area contributed by atoms with E-state index in [4.69, 9.17) is 18.9 Å². The third kappa shape index (κ3) is 4.41. The Labute approximate surface area is 125 Å². The maximum Gasteiger partial charge on any atom is 0.308 e. The molecule has 1 spiro atoms. The SMILES string of the molecule is COC(=O)CC1CCCC2(CCCC(CC(=O)OC)O2)O1. The minimum absolute atomic E-state index is 0.164. The first kappa shape index (κ1) is 16.2. The molecule has 2 rings (SSSR count). The number of hydrogen-bond acceptors (Lipinski definition) is 6. The van der Waals surface area contributed by atoms with Crippen LogP contribution in [0.4, 0.5) is 0 Å². The summed E-state index contributed by atoms with van der Waals surface area (Å²) in [5.74, 6) is -1.17. The van der Waals surface area contributed by atoms with Crippen molar-refractivity contribution < 1.29 is 28.5 Å². The minimum atomic E-state index is -0.645. The summed E-state index contributed by atoms with van der Waals surface area (Å²) >= 11 is 0. The van der Waals surface area contributed by atoms with Crippen LogP contribution in [0.3, 0.4) is 0 Å². The van der Waals surface area contributed by atoms with Crippen LogP contribution < -0.4 is 0 Å². The van der Waals surface area contributed by atoms with E-state index in [-0.39, 0.29) is 37.0 Å². The number of ether oxygens (including phenoxy) is 4. The summed E-state index contributed by atoms with van der Waals surface area (Å²) < 4.78 is 21.5. The molecule has 6 heteroatoms. The fourth-order valence-corrected chi connectivity index (χ4v) is 3.14. The van der Waals surface area contributed by atoms with Crippen LogP contribution in [0.1, 0.15) is 51.4 Å². The maximum absolute atomic E-state index is 11.4. The molecule has 2 saturated heterocycles. The average Bonchev–Trinajstić information content (AvgIpc) is 2.47. The van der Waals surface area contributed by atoms with Gasteiger partial charge >= 0.3 is 11.9 Å². The Balaban J connectivity index is 1.93. The summed E-state index contributed by atoms with van der Waals surface area (Å²) in [6.45, 7) is 0. The second kappa shape index (κ2) is 7.22. The Bertz CT molecular complexity index is 344. The fraction of sp³-hybridized carbons (Fsp3) is 0.867. The summed E-state index contributed by atoms with van der Waals surface area (Å²) in [4.78, 5) is 22.8. The Morgan fingerprint density at radius 2 is 1.38 bits per heavy atom. The summed E-state index contributed by atoms with van der Waals surface area (Å²) in [5.41, 5.74) is 0. The van der Waals surface area contributed by atoms with Crippen LogP contribution >= 0.6 is 0 Å². The van der Waals surface area contributed by atoms with E-state index in [1.807, 2.05) is 0 Å². The van der Waals surface area contributed by atoms with Gasteiger partial charge in [-0.05, 0) is 25.7 Å². The molecule has 0 aromatic carbocycles. The zero-order valence-corrected chi connectivity index (χ0v) is 12.8. The van der Waals surface area contributed by atoms with Gasteiger partial charge in [-0.25, -0.2) is 0 Å². The van der Waals surface area contributed by atoms with Crippen molar-refractivity contribution in [2.24, 2.45) is 0 Å². The first-order chi connectivity index (χ1) is 10.1. The molecule has 2 fully saturated rings. The van der Waals surface area contributed by atoms with Gasteiger partial charge in [-0.15, -0.1) is 0 Å².